The van der Waals surface area contributed by atoms with E-state index >= 15 is 0 Å². The summed E-state index contributed by atoms with van der Waals surface area (Å²) in [4.78, 5) is 22.2. The van der Waals surface area contributed by atoms with E-state index in [1.54, 1.807) is 6.92 Å². The van der Waals surface area contributed by atoms with Gasteiger partial charge in [0.2, 0.25) is 6.41 Å². The van der Waals surface area contributed by atoms with E-state index in [1.165, 1.54) is 6.92 Å². The maximum atomic E-state index is 13.1. The van der Waals surface area contributed by atoms with Crippen molar-refractivity contribution in [2.24, 2.45) is 0 Å². The molecule has 0 aliphatic carbocycles. The lowest BCUT2D eigenvalue weighted by molar-refractivity contribution is -0.150. The predicted molar refractivity (Wildman–Crippen MR) is 90.3 cm³/mol. The third kappa shape index (κ3) is 5.98. The average molecular weight is 357 g/mol. The van der Waals surface area contributed by atoms with Crippen LogP contribution in [-0.4, -0.2) is 37.8 Å². The molecule has 0 radical (unpaired) electrons. The minimum Gasteiger partial charge on any atom is -0.464 e. The number of rotatable bonds is 10. The number of nitrogens with one attached hydrogen (secondary N) is 1. The summed E-state index contributed by atoms with van der Waals surface area (Å²) in [7, 11) is -3.68. The zero-order valence-electron chi connectivity index (χ0n) is 14.4. The summed E-state index contributed by atoms with van der Waals surface area (Å²) in [5.74, 6) is -0.172. The number of hydrogen-bond donors (Lipinski definition) is 1. The molecule has 0 spiro atoms. The van der Waals surface area contributed by atoms with Crippen molar-refractivity contribution in [1.82, 2.24) is 5.32 Å². The SMILES string of the molecule is CCOC(=O)[C@H](C)OP(=O)(CCNC=O)Oc1c(C)cccc1C. The maximum Gasteiger partial charge on any atom is 0.381 e. The van der Waals surface area contributed by atoms with Gasteiger partial charge in [0, 0.05) is 6.54 Å². The van der Waals surface area contributed by atoms with Crippen molar-refractivity contribution in [2.75, 3.05) is 19.3 Å². The molecule has 0 bridgehead atoms. The summed E-state index contributed by atoms with van der Waals surface area (Å²) in [6.45, 7) is 7.07. The van der Waals surface area contributed by atoms with E-state index in [0.717, 1.165) is 11.1 Å². The second-order valence-electron chi connectivity index (χ2n) is 5.22. The topological polar surface area (TPSA) is 90.9 Å². The van der Waals surface area contributed by atoms with E-state index in [0.29, 0.717) is 12.2 Å². The second-order valence-corrected chi connectivity index (χ2v) is 7.28. The molecule has 0 saturated carbocycles. The molecule has 1 aromatic rings. The second kappa shape index (κ2) is 9.45. The molecule has 1 amide bonds. The summed E-state index contributed by atoms with van der Waals surface area (Å²) < 4.78 is 29.0. The van der Waals surface area contributed by atoms with Crippen LogP contribution < -0.4 is 9.84 Å². The van der Waals surface area contributed by atoms with Crippen LogP contribution in [0.2, 0.25) is 0 Å². The van der Waals surface area contributed by atoms with Crippen molar-refractivity contribution < 1.29 is 27.9 Å². The summed E-state index contributed by atoms with van der Waals surface area (Å²) in [5.41, 5.74) is 1.59. The first-order valence-electron chi connectivity index (χ1n) is 7.70. The molecular formula is C16H24NO6P. The summed E-state index contributed by atoms with van der Waals surface area (Å²) in [5, 5.41) is 2.42. The number of carbonyl (C=O) groups is 2. The van der Waals surface area contributed by atoms with Crippen LogP contribution in [0.1, 0.15) is 25.0 Å². The minimum atomic E-state index is -3.68. The van der Waals surface area contributed by atoms with E-state index in [-0.39, 0.29) is 19.3 Å². The Bertz CT molecular complexity index is 598. The van der Waals surface area contributed by atoms with Crippen molar-refractivity contribution in [3.63, 3.8) is 0 Å². The number of amides is 1. The normalized spacial score (nSPS) is 14.3. The molecule has 1 N–H and O–H groups in total. The number of para-hydroxylation sites is 1. The molecule has 1 rings (SSSR count). The lowest BCUT2D eigenvalue weighted by Crippen LogP contribution is -2.26. The van der Waals surface area contributed by atoms with E-state index < -0.39 is 19.7 Å². The average Bonchev–Trinajstić information content (AvgIpc) is 2.51. The van der Waals surface area contributed by atoms with Crippen LogP contribution in [-0.2, 0) is 23.4 Å². The molecule has 2 atom stereocenters. The highest BCUT2D eigenvalue weighted by Gasteiger charge is 2.32. The fraction of sp³-hybridized carbons (Fsp3) is 0.500. The van der Waals surface area contributed by atoms with Crippen molar-refractivity contribution in [3.8, 4) is 5.75 Å². The summed E-state index contributed by atoms with van der Waals surface area (Å²) in [6.07, 6.45) is -0.613. The van der Waals surface area contributed by atoms with Crippen molar-refractivity contribution in [3.05, 3.63) is 29.3 Å². The van der Waals surface area contributed by atoms with E-state index in [4.69, 9.17) is 13.8 Å². The molecule has 0 heterocycles. The molecule has 24 heavy (non-hydrogen) atoms. The Kier molecular flexibility index (Phi) is 7.95. The standard InChI is InChI=1S/C16H24NO6P/c1-5-21-16(19)14(4)22-24(20,10-9-17-11-18)23-15-12(2)7-6-8-13(15)3/h6-8,11,14H,5,9-10H2,1-4H3,(H,17,18)/t14-,24?/m0/s1. The number of benzene rings is 1. The van der Waals surface area contributed by atoms with Gasteiger partial charge in [0.1, 0.15) is 5.75 Å². The van der Waals surface area contributed by atoms with Crippen LogP contribution >= 0.6 is 7.60 Å². The van der Waals surface area contributed by atoms with Crippen molar-refractivity contribution in [1.29, 1.82) is 0 Å². The summed E-state index contributed by atoms with van der Waals surface area (Å²) >= 11 is 0. The van der Waals surface area contributed by atoms with Gasteiger partial charge >= 0.3 is 13.6 Å². The van der Waals surface area contributed by atoms with Gasteiger partial charge in [-0.15, -0.1) is 0 Å². The maximum absolute atomic E-state index is 13.1. The molecular weight excluding hydrogens is 333 g/mol. The van der Waals surface area contributed by atoms with Gasteiger partial charge in [-0.2, -0.15) is 0 Å². The zero-order chi connectivity index (χ0) is 18.2. The van der Waals surface area contributed by atoms with Crippen LogP contribution in [0.3, 0.4) is 0 Å². The fourth-order valence-corrected chi connectivity index (χ4v) is 3.78. The van der Waals surface area contributed by atoms with Crippen LogP contribution in [0.5, 0.6) is 5.75 Å². The number of aryl methyl sites for hydroxylation is 2. The molecule has 7 nitrogen and oxygen atoms in total. The van der Waals surface area contributed by atoms with E-state index in [1.807, 2.05) is 32.0 Å². The van der Waals surface area contributed by atoms with Crippen LogP contribution in [0.4, 0.5) is 0 Å². The van der Waals surface area contributed by atoms with Gasteiger partial charge in [-0.3, -0.25) is 9.32 Å². The van der Waals surface area contributed by atoms with Gasteiger partial charge in [-0.1, -0.05) is 18.2 Å². The fourth-order valence-electron chi connectivity index (χ4n) is 2.01. The van der Waals surface area contributed by atoms with Crippen molar-refractivity contribution in [2.45, 2.75) is 33.8 Å². The first kappa shape index (κ1) is 20.2. The van der Waals surface area contributed by atoms with Gasteiger partial charge in [-0.05, 0) is 38.8 Å². The van der Waals surface area contributed by atoms with Crippen LogP contribution in [0, 0.1) is 13.8 Å². The smallest absolute Gasteiger partial charge is 0.381 e. The van der Waals surface area contributed by atoms with Crippen LogP contribution in [0.25, 0.3) is 0 Å². The Morgan fingerprint density at radius 2 is 1.96 bits per heavy atom. The van der Waals surface area contributed by atoms with Gasteiger partial charge < -0.3 is 14.6 Å². The third-order valence-corrected chi connectivity index (χ3v) is 5.06. The molecule has 1 aromatic carbocycles. The lowest BCUT2D eigenvalue weighted by Gasteiger charge is -2.24. The Balaban J connectivity index is 2.99. The van der Waals surface area contributed by atoms with Gasteiger partial charge in [0.15, 0.2) is 6.10 Å². The largest absolute Gasteiger partial charge is 0.464 e. The number of esters is 1. The monoisotopic (exact) mass is 357 g/mol. The van der Waals surface area contributed by atoms with E-state index in [9.17, 15) is 14.2 Å². The molecule has 0 saturated heterocycles. The molecule has 8 heteroatoms. The molecule has 0 aromatic heterocycles. The Morgan fingerprint density at radius 1 is 1.33 bits per heavy atom. The number of hydrogen-bond acceptors (Lipinski definition) is 6. The lowest BCUT2D eigenvalue weighted by atomic mass is 10.1. The molecule has 1 unspecified atom stereocenters. The zero-order valence-corrected chi connectivity index (χ0v) is 15.3. The Morgan fingerprint density at radius 3 is 2.50 bits per heavy atom. The van der Waals surface area contributed by atoms with Gasteiger partial charge in [0.25, 0.3) is 0 Å². The highest BCUT2D eigenvalue weighted by atomic mass is 31.2. The highest BCUT2D eigenvalue weighted by molar-refractivity contribution is 7.54. The minimum absolute atomic E-state index is 0.0662. The highest BCUT2D eigenvalue weighted by Crippen LogP contribution is 2.50. The number of ether oxygens (including phenoxy) is 1. The molecule has 0 aliphatic rings. The first-order valence-corrected chi connectivity index (χ1v) is 9.42. The van der Waals surface area contributed by atoms with Gasteiger partial charge in [0.05, 0.1) is 12.8 Å². The predicted octanol–water partition coefficient (Wildman–Crippen LogP) is 2.59. The molecule has 0 aliphatic heterocycles. The Hall–Kier alpha value is -1.85. The van der Waals surface area contributed by atoms with E-state index in [2.05, 4.69) is 5.32 Å². The first-order chi connectivity index (χ1) is 11.3. The Labute approximate surface area is 142 Å². The number of carbonyl (C=O) groups excluding carboxylic acids is 2. The van der Waals surface area contributed by atoms with Gasteiger partial charge in [-0.25, -0.2) is 9.36 Å². The third-order valence-electron chi connectivity index (χ3n) is 3.19. The summed E-state index contributed by atoms with van der Waals surface area (Å²) in [6, 6.07) is 5.51. The van der Waals surface area contributed by atoms with Crippen molar-refractivity contribution >= 4 is 20.0 Å². The quantitative estimate of drug-likeness (QED) is 0.300. The molecule has 0 fully saturated rings. The molecule has 134 valence electrons. The van der Waals surface area contributed by atoms with Crippen LogP contribution in [0.15, 0.2) is 18.2 Å².